The highest BCUT2D eigenvalue weighted by atomic mass is 32.2. The lowest BCUT2D eigenvalue weighted by atomic mass is 10.4. The van der Waals surface area contributed by atoms with Crippen LogP contribution in [0.5, 0.6) is 0 Å². The van der Waals surface area contributed by atoms with Gasteiger partial charge in [0.05, 0.1) is 4.90 Å². The number of anilines is 1. The molecule has 1 N–H and O–H groups in total. The maximum Gasteiger partial charge on any atom is 0.263 e. The Morgan fingerprint density at radius 3 is 2.44 bits per heavy atom. The summed E-state index contributed by atoms with van der Waals surface area (Å²) in [5, 5.41) is 8.69. The number of benzene rings is 1. The molecule has 0 aliphatic carbocycles. The number of nitriles is 1. The Hall–Kier alpha value is -2.39. The summed E-state index contributed by atoms with van der Waals surface area (Å²) >= 11 is 0. The Kier molecular flexibility index (Phi) is 3.26. The van der Waals surface area contributed by atoms with Gasteiger partial charge in [-0.25, -0.2) is 13.4 Å². The van der Waals surface area contributed by atoms with Crippen molar-refractivity contribution in [2.75, 3.05) is 4.72 Å². The van der Waals surface area contributed by atoms with Gasteiger partial charge in [0, 0.05) is 0 Å². The predicted octanol–water partition coefficient (Wildman–Crippen LogP) is 1.75. The molecule has 1 aromatic heterocycles. The second-order valence-electron chi connectivity index (χ2n) is 3.44. The number of hydrogen-bond donors (Lipinski definition) is 1. The molecule has 0 bridgehead atoms. The smallest absolute Gasteiger partial charge is 0.263 e. The lowest BCUT2D eigenvalue weighted by molar-refractivity contribution is 0.601. The second-order valence-corrected chi connectivity index (χ2v) is 5.12. The third-order valence-corrected chi connectivity index (χ3v) is 3.53. The van der Waals surface area contributed by atoms with Crippen molar-refractivity contribution in [1.29, 1.82) is 5.26 Å². The first-order valence-electron chi connectivity index (χ1n) is 5.07. The molecule has 5 nitrogen and oxygen atoms in total. The number of pyridine rings is 1. The zero-order valence-corrected chi connectivity index (χ0v) is 10.1. The van der Waals surface area contributed by atoms with Crippen LogP contribution in [0.4, 0.5) is 5.82 Å². The molecular formula is C12H9N3O2S. The Bertz CT molecular complexity index is 691. The predicted molar refractivity (Wildman–Crippen MR) is 66.2 cm³/mol. The molecule has 0 radical (unpaired) electrons. The molecule has 0 amide bonds. The first-order chi connectivity index (χ1) is 8.62. The van der Waals surface area contributed by atoms with Crippen LogP contribution in [0.15, 0.2) is 53.4 Å². The summed E-state index contributed by atoms with van der Waals surface area (Å²) in [6, 6.07) is 14.4. The van der Waals surface area contributed by atoms with E-state index in [1.807, 2.05) is 6.07 Å². The molecule has 6 heteroatoms. The highest BCUT2D eigenvalue weighted by molar-refractivity contribution is 7.92. The van der Waals surface area contributed by atoms with Gasteiger partial charge >= 0.3 is 0 Å². The number of nitrogens with one attached hydrogen (secondary N) is 1. The fraction of sp³-hybridized carbons (Fsp3) is 0. The highest BCUT2D eigenvalue weighted by Crippen LogP contribution is 2.13. The molecule has 0 unspecified atom stereocenters. The molecule has 0 aliphatic rings. The summed E-state index contributed by atoms with van der Waals surface area (Å²) in [5.74, 6) is 0.123. The molecule has 0 fully saturated rings. The van der Waals surface area contributed by atoms with Crippen LogP contribution < -0.4 is 4.72 Å². The minimum atomic E-state index is -3.66. The zero-order valence-electron chi connectivity index (χ0n) is 9.24. The van der Waals surface area contributed by atoms with Crippen molar-refractivity contribution in [1.82, 2.24) is 4.98 Å². The summed E-state index contributed by atoms with van der Waals surface area (Å²) < 4.78 is 26.3. The van der Waals surface area contributed by atoms with Crippen LogP contribution in [0, 0.1) is 11.3 Å². The van der Waals surface area contributed by atoms with Crippen molar-refractivity contribution in [3.05, 3.63) is 54.2 Å². The number of aromatic nitrogens is 1. The van der Waals surface area contributed by atoms with Crippen LogP contribution >= 0.6 is 0 Å². The average molecular weight is 259 g/mol. The molecule has 0 spiro atoms. The Labute approximate surface area is 105 Å². The quantitative estimate of drug-likeness (QED) is 0.910. The van der Waals surface area contributed by atoms with Crippen LogP contribution in [0.2, 0.25) is 0 Å². The van der Waals surface area contributed by atoms with E-state index in [-0.39, 0.29) is 16.4 Å². The van der Waals surface area contributed by atoms with E-state index < -0.39 is 10.0 Å². The number of sulfonamides is 1. The van der Waals surface area contributed by atoms with Gasteiger partial charge in [-0.1, -0.05) is 24.3 Å². The second kappa shape index (κ2) is 4.85. The molecule has 1 aromatic carbocycles. The van der Waals surface area contributed by atoms with Gasteiger partial charge in [-0.2, -0.15) is 5.26 Å². The first kappa shape index (κ1) is 12.1. The molecular weight excluding hydrogens is 250 g/mol. The molecule has 2 aromatic rings. The Morgan fingerprint density at radius 1 is 1.06 bits per heavy atom. The SMILES string of the molecule is N#Cc1cccc(NS(=O)(=O)c2ccccc2)n1. The van der Waals surface area contributed by atoms with Crippen LogP contribution in [0.1, 0.15) is 5.69 Å². The lowest BCUT2D eigenvalue weighted by Crippen LogP contribution is -2.13. The molecule has 18 heavy (non-hydrogen) atoms. The summed E-state index contributed by atoms with van der Waals surface area (Å²) in [7, 11) is -3.66. The van der Waals surface area contributed by atoms with E-state index in [1.165, 1.54) is 24.3 Å². The van der Waals surface area contributed by atoms with Crippen molar-refractivity contribution in [3.8, 4) is 6.07 Å². The van der Waals surface area contributed by atoms with Gasteiger partial charge in [0.1, 0.15) is 17.6 Å². The third kappa shape index (κ3) is 2.64. The van der Waals surface area contributed by atoms with E-state index in [2.05, 4.69) is 9.71 Å². The molecule has 2 rings (SSSR count). The maximum absolute atomic E-state index is 12.0. The van der Waals surface area contributed by atoms with Crippen molar-refractivity contribution in [3.63, 3.8) is 0 Å². The highest BCUT2D eigenvalue weighted by Gasteiger charge is 2.13. The van der Waals surface area contributed by atoms with Gasteiger partial charge in [0.25, 0.3) is 10.0 Å². The largest absolute Gasteiger partial charge is 0.263 e. The molecule has 0 aliphatic heterocycles. The zero-order chi connectivity index (χ0) is 13.0. The standard InChI is InChI=1S/C12H9N3O2S/c13-9-10-5-4-8-12(14-10)15-18(16,17)11-6-2-1-3-7-11/h1-8H,(H,14,15). The van der Waals surface area contributed by atoms with Gasteiger partial charge in [-0.3, -0.25) is 4.72 Å². The third-order valence-electron chi connectivity index (χ3n) is 2.16. The van der Waals surface area contributed by atoms with Gasteiger partial charge in [-0.15, -0.1) is 0 Å². The molecule has 90 valence electrons. The molecule has 0 atom stereocenters. The summed E-state index contributed by atoms with van der Waals surface area (Å²) in [6.45, 7) is 0. The van der Waals surface area contributed by atoms with Gasteiger partial charge < -0.3 is 0 Å². The Morgan fingerprint density at radius 2 is 1.78 bits per heavy atom. The monoisotopic (exact) mass is 259 g/mol. The minimum Gasteiger partial charge on any atom is -0.263 e. The lowest BCUT2D eigenvalue weighted by Gasteiger charge is -2.06. The average Bonchev–Trinajstić information content (AvgIpc) is 2.39. The fourth-order valence-corrected chi connectivity index (χ4v) is 2.37. The van der Waals surface area contributed by atoms with Crippen LogP contribution in [-0.4, -0.2) is 13.4 Å². The van der Waals surface area contributed by atoms with E-state index in [0.717, 1.165) is 0 Å². The van der Waals surface area contributed by atoms with E-state index in [9.17, 15) is 8.42 Å². The summed E-state index contributed by atoms with van der Waals surface area (Å²) in [5.41, 5.74) is 0.156. The molecule has 0 saturated heterocycles. The van der Waals surface area contributed by atoms with E-state index in [4.69, 9.17) is 5.26 Å². The Balaban J connectivity index is 2.32. The van der Waals surface area contributed by atoms with Crippen molar-refractivity contribution in [2.45, 2.75) is 4.90 Å². The van der Waals surface area contributed by atoms with Gasteiger partial charge in [0.2, 0.25) is 0 Å². The topological polar surface area (TPSA) is 82.9 Å². The van der Waals surface area contributed by atoms with Crippen molar-refractivity contribution in [2.24, 2.45) is 0 Å². The number of hydrogen-bond acceptors (Lipinski definition) is 4. The van der Waals surface area contributed by atoms with Crippen LogP contribution in [0.3, 0.4) is 0 Å². The molecule has 0 saturated carbocycles. The minimum absolute atomic E-state index is 0.123. The normalized spacial score (nSPS) is 10.6. The summed E-state index contributed by atoms with van der Waals surface area (Å²) in [6.07, 6.45) is 0. The summed E-state index contributed by atoms with van der Waals surface area (Å²) in [4.78, 5) is 4.00. The van der Waals surface area contributed by atoms with Gasteiger partial charge in [0.15, 0.2) is 0 Å². The molecule has 1 heterocycles. The van der Waals surface area contributed by atoms with E-state index in [1.54, 1.807) is 24.3 Å². The number of nitrogens with zero attached hydrogens (tertiary/aromatic N) is 2. The van der Waals surface area contributed by atoms with Crippen molar-refractivity contribution >= 4 is 15.8 Å². The number of rotatable bonds is 3. The van der Waals surface area contributed by atoms with Crippen LogP contribution in [-0.2, 0) is 10.0 Å². The fourth-order valence-electron chi connectivity index (χ4n) is 1.35. The van der Waals surface area contributed by atoms with E-state index >= 15 is 0 Å². The maximum atomic E-state index is 12.0. The van der Waals surface area contributed by atoms with Crippen molar-refractivity contribution < 1.29 is 8.42 Å². The first-order valence-corrected chi connectivity index (χ1v) is 6.55. The van der Waals surface area contributed by atoms with Crippen LogP contribution in [0.25, 0.3) is 0 Å². The van der Waals surface area contributed by atoms with Gasteiger partial charge in [-0.05, 0) is 24.3 Å². The van der Waals surface area contributed by atoms with E-state index in [0.29, 0.717) is 0 Å².